The van der Waals surface area contributed by atoms with Crippen molar-refractivity contribution in [3.05, 3.63) is 53.8 Å². The van der Waals surface area contributed by atoms with Crippen LogP contribution in [0, 0.1) is 5.82 Å². The average molecular weight is 330 g/mol. The maximum Gasteiger partial charge on any atom is 0.127 e. The number of phenols is 1. The number of ether oxygens (including phenoxy) is 1. The molecule has 24 heavy (non-hydrogen) atoms. The fraction of sp³-hybridized carbons (Fsp3) is 0.368. The van der Waals surface area contributed by atoms with E-state index in [2.05, 4.69) is 10.2 Å². The zero-order valence-electron chi connectivity index (χ0n) is 13.8. The molecule has 3 rings (SSSR count). The normalized spacial score (nSPS) is 18.3. The van der Waals surface area contributed by atoms with E-state index < -0.39 is 0 Å². The summed E-state index contributed by atoms with van der Waals surface area (Å²) in [5.41, 5.74) is 1.62. The minimum Gasteiger partial charge on any atom is -0.507 e. The molecule has 2 N–H and O–H groups in total. The van der Waals surface area contributed by atoms with Gasteiger partial charge < -0.3 is 15.2 Å². The van der Waals surface area contributed by atoms with Gasteiger partial charge in [-0.2, -0.15) is 0 Å². The Labute approximate surface area is 141 Å². The molecular formula is C19H23FN2O2. The lowest BCUT2D eigenvalue weighted by Gasteiger charge is -2.34. The van der Waals surface area contributed by atoms with E-state index in [-0.39, 0.29) is 17.6 Å². The molecule has 0 aliphatic carbocycles. The number of rotatable bonds is 5. The number of nitrogens with zero attached hydrogens (tertiary/aromatic N) is 1. The Balaban J connectivity index is 1.66. The number of hydrogen-bond donors (Lipinski definition) is 2. The predicted octanol–water partition coefficient (Wildman–Crippen LogP) is 3.62. The van der Waals surface area contributed by atoms with Gasteiger partial charge in [0.15, 0.2) is 0 Å². The molecule has 1 aliphatic rings. The molecule has 0 spiro atoms. The Hall–Kier alpha value is -2.27. The van der Waals surface area contributed by atoms with Gasteiger partial charge in [0.25, 0.3) is 0 Å². The first-order valence-electron chi connectivity index (χ1n) is 8.25. The number of piperidine rings is 1. The fourth-order valence-electron chi connectivity index (χ4n) is 3.26. The van der Waals surface area contributed by atoms with Gasteiger partial charge in [-0.05, 0) is 49.7 Å². The highest BCUT2D eigenvalue weighted by Crippen LogP contribution is 2.29. The Morgan fingerprint density at radius 1 is 1.29 bits per heavy atom. The zero-order valence-corrected chi connectivity index (χ0v) is 13.8. The molecule has 0 aromatic heterocycles. The fourth-order valence-corrected chi connectivity index (χ4v) is 3.26. The van der Waals surface area contributed by atoms with Gasteiger partial charge in [0.2, 0.25) is 0 Å². The first-order chi connectivity index (χ1) is 11.7. The summed E-state index contributed by atoms with van der Waals surface area (Å²) in [6.45, 7) is 2.45. The quantitative estimate of drug-likeness (QED) is 0.879. The largest absolute Gasteiger partial charge is 0.507 e. The highest BCUT2D eigenvalue weighted by molar-refractivity contribution is 5.45. The predicted molar refractivity (Wildman–Crippen MR) is 93.0 cm³/mol. The molecule has 1 fully saturated rings. The topological polar surface area (TPSA) is 44.7 Å². The van der Waals surface area contributed by atoms with Crippen molar-refractivity contribution < 1.29 is 14.2 Å². The van der Waals surface area contributed by atoms with Crippen molar-refractivity contribution in [1.82, 2.24) is 4.90 Å². The third kappa shape index (κ3) is 3.97. The standard InChI is InChI=1S/C19H23FN2O2/c1-24-19-9-3-8-18(23)17(19)13-22-10-4-7-16(12-22)21-15-6-2-5-14(20)11-15/h2-3,5-6,8-9,11,16,21,23H,4,7,10,12-13H2,1H3/t16-/m1/s1. The second kappa shape index (κ2) is 7.53. The lowest BCUT2D eigenvalue weighted by Crippen LogP contribution is -2.41. The van der Waals surface area contributed by atoms with E-state index in [1.165, 1.54) is 12.1 Å². The maximum atomic E-state index is 13.3. The van der Waals surface area contributed by atoms with Crippen LogP contribution in [-0.4, -0.2) is 36.2 Å². The molecule has 1 atom stereocenters. The molecular weight excluding hydrogens is 307 g/mol. The number of likely N-dealkylation sites (tertiary alicyclic amines) is 1. The van der Waals surface area contributed by atoms with Crippen molar-refractivity contribution >= 4 is 5.69 Å². The van der Waals surface area contributed by atoms with Crippen LogP contribution < -0.4 is 10.1 Å². The summed E-state index contributed by atoms with van der Waals surface area (Å²) < 4.78 is 18.7. The number of aromatic hydroxyl groups is 1. The van der Waals surface area contributed by atoms with E-state index in [0.29, 0.717) is 12.3 Å². The van der Waals surface area contributed by atoms with E-state index in [0.717, 1.165) is 37.2 Å². The monoisotopic (exact) mass is 330 g/mol. The number of hydrogen-bond acceptors (Lipinski definition) is 4. The van der Waals surface area contributed by atoms with Gasteiger partial charge in [-0.25, -0.2) is 4.39 Å². The van der Waals surface area contributed by atoms with Crippen LogP contribution in [0.4, 0.5) is 10.1 Å². The summed E-state index contributed by atoms with van der Waals surface area (Å²) in [7, 11) is 1.61. The Morgan fingerprint density at radius 2 is 2.12 bits per heavy atom. The molecule has 1 heterocycles. The molecule has 128 valence electrons. The summed E-state index contributed by atoms with van der Waals surface area (Å²) in [4.78, 5) is 2.29. The van der Waals surface area contributed by atoms with E-state index in [1.807, 2.05) is 12.1 Å². The Bertz CT molecular complexity index is 693. The van der Waals surface area contributed by atoms with E-state index >= 15 is 0 Å². The number of phenolic OH excluding ortho intramolecular Hbond substituents is 1. The number of benzene rings is 2. The number of methoxy groups -OCH3 is 1. The molecule has 2 aromatic rings. The summed E-state index contributed by atoms with van der Waals surface area (Å²) >= 11 is 0. The second-order valence-electron chi connectivity index (χ2n) is 6.19. The van der Waals surface area contributed by atoms with Crippen molar-refractivity contribution in [2.45, 2.75) is 25.4 Å². The number of nitrogens with one attached hydrogen (secondary N) is 1. The molecule has 0 radical (unpaired) electrons. The van der Waals surface area contributed by atoms with Crippen molar-refractivity contribution in [3.63, 3.8) is 0 Å². The lowest BCUT2D eigenvalue weighted by molar-refractivity contribution is 0.204. The Morgan fingerprint density at radius 3 is 2.92 bits per heavy atom. The van der Waals surface area contributed by atoms with Crippen molar-refractivity contribution in [2.75, 3.05) is 25.5 Å². The minimum atomic E-state index is -0.230. The van der Waals surface area contributed by atoms with Crippen LogP contribution in [0.25, 0.3) is 0 Å². The molecule has 0 amide bonds. The average Bonchev–Trinajstić information content (AvgIpc) is 2.57. The summed E-state index contributed by atoms with van der Waals surface area (Å²) in [5.74, 6) is 0.733. The van der Waals surface area contributed by atoms with Crippen LogP contribution in [0.3, 0.4) is 0 Å². The van der Waals surface area contributed by atoms with Gasteiger partial charge in [-0.3, -0.25) is 4.90 Å². The Kier molecular flexibility index (Phi) is 5.20. The number of anilines is 1. The molecule has 2 aromatic carbocycles. The third-order valence-electron chi connectivity index (χ3n) is 4.41. The van der Waals surface area contributed by atoms with Crippen LogP contribution >= 0.6 is 0 Å². The van der Waals surface area contributed by atoms with Crippen LogP contribution in [-0.2, 0) is 6.54 Å². The van der Waals surface area contributed by atoms with E-state index in [4.69, 9.17) is 4.74 Å². The van der Waals surface area contributed by atoms with Gasteiger partial charge in [0.1, 0.15) is 17.3 Å². The van der Waals surface area contributed by atoms with Gasteiger partial charge in [0.05, 0.1) is 7.11 Å². The first-order valence-corrected chi connectivity index (χ1v) is 8.25. The molecule has 1 aliphatic heterocycles. The van der Waals surface area contributed by atoms with E-state index in [9.17, 15) is 9.50 Å². The van der Waals surface area contributed by atoms with Crippen LogP contribution in [0.2, 0.25) is 0 Å². The van der Waals surface area contributed by atoms with Gasteiger partial charge in [-0.1, -0.05) is 12.1 Å². The molecule has 5 heteroatoms. The highest BCUT2D eigenvalue weighted by atomic mass is 19.1. The van der Waals surface area contributed by atoms with Gasteiger partial charge in [0, 0.05) is 30.4 Å². The van der Waals surface area contributed by atoms with Gasteiger partial charge in [-0.15, -0.1) is 0 Å². The molecule has 4 nitrogen and oxygen atoms in total. The third-order valence-corrected chi connectivity index (χ3v) is 4.41. The van der Waals surface area contributed by atoms with Crippen LogP contribution in [0.1, 0.15) is 18.4 Å². The molecule has 0 saturated carbocycles. The maximum absolute atomic E-state index is 13.3. The second-order valence-corrected chi connectivity index (χ2v) is 6.19. The molecule has 0 bridgehead atoms. The summed E-state index contributed by atoms with van der Waals surface area (Å²) in [6, 6.07) is 12.2. The molecule has 0 unspecified atom stereocenters. The van der Waals surface area contributed by atoms with Crippen molar-refractivity contribution in [2.24, 2.45) is 0 Å². The lowest BCUT2D eigenvalue weighted by atomic mass is 10.0. The zero-order chi connectivity index (χ0) is 16.9. The number of halogens is 1. The summed E-state index contributed by atoms with van der Waals surface area (Å²) in [5, 5.41) is 13.5. The van der Waals surface area contributed by atoms with Crippen molar-refractivity contribution in [3.8, 4) is 11.5 Å². The highest BCUT2D eigenvalue weighted by Gasteiger charge is 2.22. The SMILES string of the molecule is COc1cccc(O)c1CN1CCC[C@@H](Nc2cccc(F)c2)C1. The van der Waals surface area contributed by atoms with Crippen LogP contribution in [0.5, 0.6) is 11.5 Å². The summed E-state index contributed by atoms with van der Waals surface area (Å²) in [6.07, 6.45) is 2.10. The first kappa shape index (κ1) is 16.6. The van der Waals surface area contributed by atoms with Crippen molar-refractivity contribution in [1.29, 1.82) is 0 Å². The smallest absolute Gasteiger partial charge is 0.127 e. The molecule has 1 saturated heterocycles. The van der Waals surface area contributed by atoms with Crippen LogP contribution in [0.15, 0.2) is 42.5 Å². The minimum absolute atomic E-state index is 0.230. The van der Waals surface area contributed by atoms with E-state index in [1.54, 1.807) is 25.3 Å². The van der Waals surface area contributed by atoms with Gasteiger partial charge >= 0.3 is 0 Å².